The number of benzene rings is 1. The van der Waals surface area contributed by atoms with Crippen LogP contribution in [-0.2, 0) is 14.3 Å². The number of rotatable bonds is 5. The number of anilines is 1. The molecule has 3 heterocycles. The Kier molecular flexibility index (Phi) is 4.68. The van der Waals surface area contributed by atoms with Crippen molar-refractivity contribution in [2.45, 2.75) is 32.0 Å². The number of hydrogen-bond donors (Lipinski definition) is 3. The van der Waals surface area contributed by atoms with Gasteiger partial charge >= 0.3 is 5.97 Å². The summed E-state index contributed by atoms with van der Waals surface area (Å²) in [6, 6.07) is 9.34. The SMILES string of the molecule is Cc1sc(NC(=O)[C@H]2[C@@H](C(=O)O)[C@H]3CC[C@H]2O3)c(C(N)=O)c1-c1ccccc1. The molecule has 2 fully saturated rings. The van der Waals surface area contributed by atoms with Gasteiger partial charge in [0.25, 0.3) is 5.91 Å². The number of thiophene rings is 1. The zero-order valence-corrected chi connectivity index (χ0v) is 16.0. The molecule has 2 aliphatic heterocycles. The van der Waals surface area contributed by atoms with Gasteiger partial charge in [-0.1, -0.05) is 30.3 Å². The van der Waals surface area contributed by atoms with Gasteiger partial charge in [-0.05, 0) is 25.3 Å². The molecule has 2 saturated heterocycles. The molecule has 0 radical (unpaired) electrons. The number of fused-ring (bicyclic) bond motifs is 2. The fourth-order valence-corrected chi connectivity index (χ4v) is 5.42. The quantitative estimate of drug-likeness (QED) is 0.713. The Bertz CT molecular complexity index is 955. The first-order valence-corrected chi connectivity index (χ1v) is 9.88. The predicted molar refractivity (Wildman–Crippen MR) is 104 cm³/mol. The highest BCUT2D eigenvalue weighted by Gasteiger charge is 2.55. The lowest BCUT2D eigenvalue weighted by atomic mass is 9.78. The van der Waals surface area contributed by atoms with Crippen LogP contribution in [0.3, 0.4) is 0 Å². The van der Waals surface area contributed by atoms with Crippen molar-refractivity contribution in [1.82, 2.24) is 0 Å². The molecule has 8 heteroatoms. The van der Waals surface area contributed by atoms with Crippen LogP contribution in [0.15, 0.2) is 30.3 Å². The molecule has 0 spiro atoms. The molecule has 4 N–H and O–H groups in total. The molecule has 0 saturated carbocycles. The average molecular weight is 400 g/mol. The number of carboxylic acids is 1. The van der Waals surface area contributed by atoms with Crippen molar-refractivity contribution in [1.29, 1.82) is 0 Å². The second kappa shape index (κ2) is 7.03. The van der Waals surface area contributed by atoms with Crippen LogP contribution in [0, 0.1) is 18.8 Å². The number of nitrogens with two attached hydrogens (primary N) is 1. The molecule has 4 rings (SSSR count). The highest BCUT2D eigenvalue weighted by Crippen LogP contribution is 2.45. The first-order valence-electron chi connectivity index (χ1n) is 9.06. The highest BCUT2D eigenvalue weighted by atomic mass is 32.1. The Balaban J connectivity index is 1.68. The number of hydrogen-bond acceptors (Lipinski definition) is 5. The molecule has 7 nitrogen and oxygen atoms in total. The van der Waals surface area contributed by atoms with Crippen LogP contribution in [0.2, 0.25) is 0 Å². The number of carbonyl (C=O) groups is 3. The molecule has 0 aliphatic carbocycles. The Hall–Kier alpha value is -2.71. The van der Waals surface area contributed by atoms with E-state index < -0.39 is 41.8 Å². The highest BCUT2D eigenvalue weighted by molar-refractivity contribution is 7.17. The van der Waals surface area contributed by atoms with E-state index in [-0.39, 0.29) is 5.56 Å². The molecule has 1 aromatic heterocycles. The third kappa shape index (κ3) is 2.98. The van der Waals surface area contributed by atoms with E-state index >= 15 is 0 Å². The van der Waals surface area contributed by atoms with Gasteiger partial charge < -0.3 is 20.9 Å². The summed E-state index contributed by atoms with van der Waals surface area (Å²) in [4.78, 5) is 37.6. The van der Waals surface area contributed by atoms with Gasteiger partial charge in [0, 0.05) is 10.4 Å². The lowest BCUT2D eigenvalue weighted by Gasteiger charge is -2.23. The van der Waals surface area contributed by atoms with Gasteiger partial charge in [0.2, 0.25) is 5.91 Å². The van der Waals surface area contributed by atoms with Gasteiger partial charge in [-0.25, -0.2) is 0 Å². The van der Waals surface area contributed by atoms with Crippen molar-refractivity contribution < 1.29 is 24.2 Å². The number of primary amides is 1. The molecule has 146 valence electrons. The Morgan fingerprint density at radius 1 is 1.14 bits per heavy atom. The number of aryl methyl sites for hydroxylation is 1. The van der Waals surface area contributed by atoms with E-state index in [0.717, 1.165) is 10.4 Å². The third-order valence-corrected chi connectivity index (χ3v) is 6.51. The van der Waals surface area contributed by atoms with E-state index in [4.69, 9.17) is 10.5 Å². The summed E-state index contributed by atoms with van der Waals surface area (Å²) in [5.74, 6) is -3.76. The van der Waals surface area contributed by atoms with Gasteiger partial charge in [-0.3, -0.25) is 14.4 Å². The molecule has 2 aromatic rings. The minimum Gasteiger partial charge on any atom is -0.481 e. The normalized spacial score (nSPS) is 25.6. The van der Waals surface area contributed by atoms with Crippen LogP contribution in [0.4, 0.5) is 5.00 Å². The van der Waals surface area contributed by atoms with Gasteiger partial charge in [-0.15, -0.1) is 11.3 Å². The van der Waals surface area contributed by atoms with Crippen LogP contribution >= 0.6 is 11.3 Å². The van der Waals surface area contributed by atoms with Gasteiger partial charge in [-0.2, -0.15) is 0 Å². The van der Waals surface area contributed by atoms with Crippen molar-refractivity contribution in [3.05, 3.63) is 40.8 Å². The van der Waals surface area contributed by atoms with Crippen molar-refractivity contribution in [2.24, 2.45) is 17.6 Å². The molecule has 28 heavy (non-hydrogen) atoms. The largest absolute Gasteiger partial charge is 0.481 e. The topological polar surface area (TPSA) is 119 Å². The lowest BCUT2D eigenvalue weighted by molar-refractivity contribution is -0.147. The Morgan fingerprint density at radius 2 is 1.79 bits per heavy atom. The third-order valence-electron chi connectivity index (χ3n) is 5.49. The molecule has 2 amide bonds. The minimum absolute atomic E-state index is 0.248. The predicted octanol–water partition coefficient (Wildman–Crippen LogP) is 2.64. The monoisotopic (exact) mass is 400 g/mol. The maximum Gasteiger partial charge on any atom is 0.310 e. The van der Waals surface area contributed by atoms with Crippen LogP contribution in [0.25, 0.3) is 11.1 Å². The molecular weight excluding hydrogens is 380 g/mol. The molecule has 0 unspecified atom stereocenters. The van der Waals surface area contributed by atoms with E-state index in [1.54, 1.807) is 0 Å². The van der Waals surface area contributed by atoms with Crippen LogP contribution in [0.1, 0.15) is 28.1 Å². The van der Waals surface area contributed by atoms with Crippen molar-refractivity contribution in [3.8, 4) is 11.1 Å². The number of nitrogens with one attached hydrogen (secondary N) is 1. The first kappa shape index (κ1) is 18.6. The Morgan fingerprint density at radius 3 is 2.39 bits per heavy atom. The maximum absolute atomic E-state index is 13.0. The van der Waals surface area contributed by atoms with Crippen LogP contribution in [-0.4, -0.2) is 35.1 Å². The van der Waals surface area contributed by atoms with E-state index in [9.17, 15) is 19.5 Å². The molecule has 2 aliphatic rings. The second-order valence-corrected chi connectivity index (χ2v) is 8.36. The lowest BCUT2D eigenvalue weighted by Crippen LogP contribution is -2.41. The van der Waals surface area contributed by atoms with Crippen molar-refractivity contribution >= 4 is 34.1 Å². The van der Waals surface area contributed by atoms with Gasteiger partial charge in [0.05, 0.1) is 29.6 Å². The summed E-state index contributed by atoms with van der Waals surface area (Å²) in [5, 5.41) is 12.6. The van der Waals surface area contributed by atoms with Gasteiger partial charge in [0.1, 0.15) is 5.00 Å². The maximum atomic E-state index is 13.0. The fraction of sp³-hybridized carbons (Fsp3) is 0.350. The number of carboxylic acid groups (broad SMARTS) is 1. The number of carbonyl (C=O) groups excluding carboxylic acids is 2. The van der Waals surface area contributed by atoms with E-state index in [0.29, 0.717) is 23.4 Å². The van der Waals surface area contributed by atoms with E-state index in [1.807, 2.05) is 37.3 Å². The summed E-state index contributed by atoms with van der Waals surface area (Å²) in [6.45, 7) is 1.86. The van der Waals surface area contributed by atoms with Crippen molar-refractivity contribution in [2.75, 3.05) is 5.32 Å². The zero-order chi connectivity index (χ0) is 20.0. The Labute approximate surface area is 165 Å². The summed E-state index contributed by atoms with van der Waals surface area (Å²) in [6.07, 6.45) is 0.471. The number of ether oxygens (including phenoxy) is 1. The van der Waals surface area contributed by atoms with E-state index in [1.165, 1.54) is 11.3 Å². The number of amides is 2. The number of aliphatic carboxylic acids is 1. The summed E-state index contributed by atoms with van der Waals surface area (Å²) in [5.41, 5.74) is 7.40. The smallest absolute Gasteiger partial charge is 0.310 e. The van der Waals surface area contributed by atoms with E-state index in [2.05, 4.69) is 5.32 Å². The van der Waals surface area contributed by atoms with Gasteiger partial charge in [0.15, 0.2) is 0 Å². The summed E-state index contributed by atoms with van der Waals surface area (Å²) in [7, 11) is 0. The second-order valence-electron chi connectivity index (χ2n) is 7.14. The molecular formula is C20H20N2O5S. The molecule has 1 aromatic carbocycles. The molecule has 2 bridgehead atoms. The summed E-state index contributed by atoms with van der Waals surface area (Å²) >= 11 is 1.26. The van der Waals surface area contributed by atoms with Crippen LogP contribution in [0.5, 0.6) is 0 Å². The first-order chi connectivity index (χ1) is 13.4. The minimum atomic E-state index is -1.03. The standard InChI is InChI=1S/C20H20N2O5S/c1-9-13(10-5-3-2-4-6-10)16(17(21)23)19(28-9)22-18(24)14-11-7-8-12(27-11)15(14)20(25)26/h2-6,11-12,14-15H,7-8H2,1H3,(H2,21,23)(H,22,24)(H,25,26)/t11-,12-,14-,15+/m1/s1. The average Bonchev–Trinajstić information content (AvgIpc) is 3.34. The zero-order valence-electron chi connectivity index (χ0n) is 15.2. The summed E-state index contributed by atoms with van der Waals surface area (Å²) < 4.78 is 5.66. The molecule has 4 atom stereocenters. The van der Waals surface area contributed by atoms with Crippen LogP contribution < -0.4 is 11.1 Å². The van der Waals surface area contributed by atoms with Crippen molar-refractivity contribution in [3.63, 3.8) is 0 Å². The fourth-order valence-electron chi connectivity index (χ4n) is 4.34.